The molecule has 1 aliphatic heterocycles. The third-order valence-corrected chi connectivity index (χ3v) is 4.21. The number of hydrogen-bond donors (Lipinski definition) is 1. The molecule has 1 N–H and O–H groups in total. The van der Waals surface area contributed by atoms with Crippen molar-refractivity contribution in [1.29, 1.82) is 0 Å². The first kappa shape index (κ1) is 11.4. The Morgan fingerprint density at radius 1 is 1.05 bits per heavy atom. The Hall–Kier alpha value is -2.43. The summed E-state index contributed by atoms with van der Waals surface area (Å²) in [6.07, 6.45) is 0.397. The van der Waals surface area contributed by atoms with Crippen LogP contribution in [0.4, 0.5) is 0 Å². The molecule has 2 unspecified atom stereocenters. The molecule has 5 heteroatoms. The van der Waals surface area contributed by atoms with Crippen molar-refractivity contribution in [2.75, 3.05) is 6.61 Å². The van der Waals surface area contributed by atoms with Gasteiger partial charge in [-0.2, -0.15) is 0 Å². The van der Waals surface area contributed by atoms with Gasteiger partial charge in [-0.1, -0.05) is 18.2 Å². The minimum atomic E-state index is -0.821. The maximum atomic E-state index is 12.6. The van der Waals surface area contributed by atoms with E-state index in [0.29, 0.717) is 12.0 Å². The van der Waals surface area contributed by atoms with Crippen molar-refractivity contribution >= 4 is 28.4 Å². The van der Waals surface area contributed by atoms with Crippen molar-refractivity contribution in [1.82, 2.24) is 4.98 Å². The molecule has 20 heavy (non-hydrogen) atoms. The second-order valence-corrected chi connectivity index (χ2v) is 5.27. The summed E-state index contributed by atoms with van der Waals surface area (Å²) in [5, 5.41) is 0.871. The molecule has 0 spiro atoms. The van der Waals surface area contributed by atoms with Crippen molar-refractivity contribution in [2.45, 2.75) is 6.42 Å². The maximum absolute atomic E-state index is 12.6. The number of ether oxygens (including phenoxy) is 1. The molecule has 100 valence electrons. The lowest BCUT2D eigenvalue weighted by molar-refractivity contribution is -0.162. The SMILES string of the molecule is O=C1OCC2C(=O)c3c([nH]c4ccccc34)CC2C1=O. The Bertz CT molecular complexity index is 773. The molecular weight excluding hydrogens is 258 g/mol. The Balaban J connectivity index is 1.90. The van der Waals surface area contributed by atoms with Crippen molar-refractivity contribution in [3.05, 3.63) is 35.5 Å². The highest BCUT2D eigenvalue weighted by molar-refractivity contribution is 6.36. The summed E-state index contributed by atoms with van der Waals surface area (Å²) in [4.78, 5) is 39.0. The molecule has 2 aliphatic rings. The lowest BCUT2D eigenvalue weighted by atomic mass is 9.74. The molecule has 2 heterocycles. The molecule has 2 atom stereocenters. The summed E-state index contributed by atoms with van der Waals surface area (Å²) >= 11 is 0. The molecule has 1 fully saturated rings. The number of benzene rings is 1. The zero-order valence-corrected chi connectivity index (χ0v) is 10.5. The number of carbonyl (C=O) groups is 3. The van der Waals surface area contributed by atoms with Gasteiger partial charge in [0.15, 0.2) is 5.78 Å². The van der Waals surface area contributed by atoms with E-state index >= 15 is 0 Å². The number of fused-ring (bicyclic) bond motifs is 4. The number of aromatic amines is 1. The van der Waals surface area contributed by atoms with E-state index in [1.165, 1.54) is 0 Å². The average molecular weight is 269 g/mol. The summed E-state index contributed by atoms with van der Waals surface area (Å²) in [6, 6.07) is 7.55. The Morgan fingerprint density at radius 2 is 1.85 bits per heavy atom. The van der Waals surface area contributed by atoms with Crippen molar-refractivity contribution < 1.29 is 19.1 Å². The zero-order chi connectivity index (χ0) is 13.9. The Kier molecular flexibility index (Phi) is 2.16. The highest BCUT2D eigenvalue weighted by atomic mass is 16.5. The number of ketones is 2. The van der Waals surface area contributed by atoms with Crippen LogP contribution in [0.5, 0.6) is 0 Å². The number of nitrogens with one attached hydrogen (secondary N) is 1. The van der Waals surface area contributed by atoms with Crippen molar-refractivity contribution in [3.8, 4) is 0 Å². The molecule has 0 amide bonds. The predicted molar refractivity (Wildman–Crippen MR) is 69.3 cm³/mol. The zero-order valence-electron chi connectivity index (χ0n) is 10.5. The van der Waals surface area contributed by atoms with E-state index in [4.69, 9.17) is 4.74 Å². The van der Waals surface area contributed by atoms with Crippen LogP contribution < -0.4 is 0 Å². The highest BCUT2D eigenvalue weighted by Crippen LogP contribution is 2.37. The van der Waals surface area contributed by atoms with Gasteiger partial charge in [-0.25, -0.2) is 4.79 Å². The fourth-order valence-electron chi connectivity index (χ4n) is 3.22. The molecule has 1 aromatic carbocycles. The number of Topliss-reactive ketones (excluding diaryl/α,β-unsaturated/α-hetero) is 2. The topological polar surface area (TPSA) is 76.2 Å². The maximum Gasteiger partial charge on any atom is 0.374 e. The molecule has 1 saturated heterocycles. The number of esters is 1. The largest absolute Gasteiger partial charge is 0.459 e. The molecule has 1 aromatic heterocycles. The number of para-hydroxylation sites is 1. The Labute approximate surface area is 113 Å². The monoisotopic (exact) mass is 269 g/mol. The third kappa shape index (κ3) is 1.35. The normalized spacial score (nSPS) is 25.3. The molecule has 0 bridgehead atoms. The van der Waals surface area contributed by atoms with Crippen LogP contribution in [-0.2, 0) is 20.7 Å². The minimum Gasteiger partial charge on any atom is -0.459 e. The van der Waals surface area contributed by atoms with Crippen molar-refractivity contribution in [2.24, 2.45) is 11.8 Å². The second-order valence-electron chi connectivity index (χ2n) is 5.27. The molecular formula is C15H11NO4. The first-order valence-corrected chi connectivity index (χ1v) is 6.51. The van der Waals surface area contributed by atoms with Gasteiger partial charge in [0.25, 0.3) is 0 Å². The summed E-state index contributed by atoms with van der Waals surface area (Å²) < 4.78 is 4.81. The van der Waals surface area contributed by atoms with E-state index in [9.17, 15) is 14.4 Å². The van der Waals surface area contributed by atoms with Gasteiger partial charge in [-0.3, -0.25) is 9.59 Å². The number of hydrogen-bond acceptors (Lipinski definition) is 4. The van der Waals surface area contributed by atoms with Crippen LogP contribution in [0.2, 0.25) is 0 Å². The van der Waals surface area contributed by atoms with E-state index in [-0.39, 0.29) is 12.4 Å². The minimum absolute atomic E-state index is 0.00696. The summed E-state index contributed by atoms with van der Waals surface area (Å²) in [7, 11) is 0. The van der Waals surface area contributed by atoms with Gasteiger partial charge >= 0.3 is 5.97 Å². The fourth-order valence-corrected chi connectivity index (χ4v) is 3.22. The van der Waals surface area contributed by atoms with Crippen LogP contribution in [0.1, 0.15) is 16.1 Å². The predicted octanol–water partition coefficient (Wildman–Crippen LogP) is 1.27. The third-order valence-electron chi connectivity index (χ3n) is 4.21. The van der Waals surface area contributed by atoms with Crippen LogP contribution in [0.3, 0.4) is 0 Å². The average Bonchev–Trinajstić information content (AvgIpc) is 2.82. The van der Waals surface area contributed by atoms with Crippen LogP contribution >= 0.6 is 0 Å². The number of rotatable bonds is 0. The van der Waals surface area contributed by atoms with Gasteiger partial charge < -0.3 is 9.72 Å². The van der Waals surface area contributed by atoms with Crippen LogP contribution in [0.25, 0.3) is 10.9 Å². The Morgan fingerprint density at radius 3 is 2.70 bits per heavy atom. The smallest absolute Gasteiger partial charge is 0.374 e. The molecule has 0 saturated carbocycles. The molecule has 5 nitrogen and oxygen atoms in total. The number of cyclic esters (lactones) is 1. The highest BCUT2D eigenvalue weighted by Gasteiger charge is 2.47. The van der Waals surface area contributed by atoms with Crippen LogP contribution in [0.15, 0.2) is 24.3 Å². The number of aromatic nitrogens is 1. The molecule has 2 aromatic rings. The lowest BCUT2D eigenvalue weighted by Crippen LogP contribution is -2.47. The standard InChI is InChI=1S/C15H11NO4/c17-13-9-6-20-15(19)14(18)8(9)5-11-12(13)7-3-1-2-4-10(7)16-11/h1-4,8-9,16H,5-6H2. The number of carbonyl (C=O) groups excluding carboxylic acids is 3. The quantitative estimate of drug-likeness (QED) is 0.577. The van der Waals surface area contributed by atoms with Gasteiger partial charge in [-0.05, 0) is 12.5 Å². The summed E-state index contributed by atoms with van der Waals surface area (Å²) in [6.45, 7) is 0.00696. The van der Waals surface area contributed by atoms with E-state index in [0.717, 1.165) is 16.6 Å². The van der Waals surface area contributed by atoms with Crippen LogP contribution in [-0.4, -0.2) is 29.1 Å². The van der Waals surface area contributed by atoms with Gasteiger partial charge in [0.2, 0.25) is 5.78 Å². The van der Waals surface area contributed by atoms with Gasteiger partial charge in [0.05, 0.1) is 5.92 Å². The van der Waals surface area contributed by atoms with Crippen LogP contribution in [0, 0.1) is 11.8 Å². The van der Waals surface area contributed by atoms with E-state index in [1.807, 2.05) is 24.3 Å². The first-order valence-electron chi connectivity index (χ1n) is 6.51. The van der Waals surface area contributed by atoms with Crippen molar-refractivity contribution in [3.63, 3.8) is 0 Å². The molecule has 0 radical (unpaired) electrons. The molecule has 1 aliphatic carbocycles. The summed E-state index contributed by atoms with van der Waals surface area (Å²) in [5.41, 5.74) is 2.28. The summed E-state index contributed by atoms with van der Waals surface area (Å²) in [5.74, 6) is -2.62. The van der Waals surface area contributed by atoms with Gasteiger partial charge in [-0.15, -0.1) is 0 Å². The first-order chi connectivity index (χ1) is 9.66. The second kappa shape index (κ2) is 3.79. The lowest BCUT2D eigenvalue weighted by Gasteiger charge is -2.31. The van der Waals surface area contributed by atoms with E-state index in [1.54, 1.807) is 0 Å². The van der Waals surface area contributed by atoms with Gasteiger partial charge in [0.1, 0.15) is 6.61 Å². The molecule has 4 rings (SSSR count). The van der Waals surface area contributed by atoms with E-state index in [2.05, 4.69) is 4.98 Å². The van der Waals surface area contributed by atoms with E-state index < -0.39 is 23.6 Å². The fraction of sp³-hybridized carbons (Fsp3) is 0.267. The van der Waals surface area contributed by atoms with Gasteiger partial charge in [0, 0.05) is 28.1 Å². The number of H-pyrrole nitrogens is 1.